The van der Waals surface area contributed by atoms with Crippen LogP contribution < -0.4 is 29.4 Å². The van der Waals surface area contributed by atoms with Gasteiger partial charge in [-0.05, 0) is 67.8 Å². The summed E-state index contributed by atoms with van der Waals surface area (Å²) in [6.45, 7) is 7.85. The normalized spacial score (nSPS) is 13.9. The summed E-state index contributed by atoms with van der Waals surface area (Å²) < 4.78 is 29.0. The van der Waals surface area contributed by atoms with Gasteiger partial charge in [0.15, 0.2) is 11.5 Å². The lowest BCUT2D eigenvalue weighted by molar-refractivity contribution is 0.0734. The zero-order valence-corrected chi connectivity index (χ0v) is 24.5. The zero-order valence-electron chi connectivity index (χ0n) is 24.5. The fourth-order valence-corrected chi connectivity index (χ4v) is 4.66. The van der Waals surface area contributed by atoms with Gasteiger partial charge in [-0.1, -0.05) is 45.2 Å². The van der Waals surface area contributed by atoms with E-state index in [-0.39, 0.29) is 11.5 Å². The molecule has 0 radical (unpaired) electrons. The number of carbonyl (C=O) groups is 1. The van der Waals surface area contributed by atoms with Gasteiger partial charge in [0.1, 0.15) is 28.9 Å². The van der Waals surface area contributed by atoms with Crippen molar-refractivity contribution in [1.82, 2.24) is 0 Å². The molecule has 8 heteroatoms. The average Bonchev–Trinajstić information content (AvgIpc) is 2.99. The van der Waals surface area contributed by atoms with Crippen LogP contribution in [0.4, 0.5) is 0 Å². The van der Waals surface area contributed by atoms with Crippen LogP contribution in [0.25, 0.3) is 0 Å². The van der Waals surface area contributed by atoms with Crippen molar-refractivity contribution in [2.75, 3.05) is 19.8 Å². The predicted octanol–water partition coefficient (Wildman–Crippen LogP) is 7.27. The summed E-state index contributed by atoms with van der Waals surface area (Å²) in [5.74, 6) is 1.63. The third kappa shape index (κ3) is 7.35. The molecule has 0 fully saturated rings. The Bertz CT molecular complexity index is 1440. The van der Waals surface area contributed by atoms with Gasteiger partial charge >= 0.3 is 5.97 Å². The Morgan fingerprint density at radius 1 is 0.857 bits per heavy atom. The highest BCUT2D eigenvalue weighted by Crippen LogP contribution is 2.45. The first kappa shape index (κ1) is 30.3. The standard InChI is InChI=1S/C34H38N2O6/c1-4-7-9-19-40-29-17-12-24(20-31(29)38-6-3)32-27-16-15-26(21-30(27)42-33(36)28(32)22-35)41-34(37)23-10-13-25(14-11-23)39-18-8-5-2/h10-17,20-21,32H,4-9,18-19,36H2,1-3H3. The van der Waals surface area contributed by atoms with Crippen molar-refractivity contribution in [1.29, 1.82) is 5.26 Å². The SMILES string of the molecule is CCCCCOc1ccc(C2C(C#N)=C(N)Oc3cc(OC(=O)c4ccc(OCCCC)cc4)ccc32)cc1OCC. The maximum absolute atomic E-state index is 12.8. The van der Waals surface area contributed by atoms with Crippen LogP contribution in [0, 0.1) is 11.3 Å². The number of fused-ring (bicyclic) bond motifs is 1. The van der Waals surface area contributed by atoms with Gasteiger partial charge in [-0.3, -0.25) is 0 Å². The lowest BCUT2D eigenvalue weighted by Crippen LogP contribution is -2.21. The molecule has 1 atom stereocenters. The summed E-state index contributed by atoms with van der Waals surface area (Å²) in [5, 5.41) is 9.99. The number of carbonyl (C=O) groups excluding carboxylic acids is 1. The van der Waals surface area contributed by atoms with Crippen LogP contribution >= 0.6 is 0 Å². The zero-order chi connectivity index (χ0) is 29.9. The smallest absolute Gasteiger partial charge is 0.343 e. The monoisotopic (exact) mass is 570 g/mol. The molecule has 0 saturated heterocycles. The summed E-state index contributed by atoms with van der Waals surface area (Å²) in [5.41, 5.74) is 8.40. The molecule has 0 bridgehead atoms. The minimum absolute atomic E-state index is 0.00464. The number of hydrogen-bond donors (Lipinski definition) is 1. The maximum atomic E-state index is 12.8. The van der Waals surface area contributed by atoms with Gasteiger partial charge in [-0.15, -0.1) is 0 Å². The van der Waals surface area contributed by atoms with Crippen LogP contribution in [0.5, 0.6) is 28.7 Å². The summed E-state index contributed by atoms with van der Waals surface area (Å²) in [7, 11) is 0. The molecule has 42 heavy (non-hydrogen) atoms. The van der Waals surface area contributed by atoms with E-state index in [9.17, 15) is 10.1 Å². The first-order valence-corrected chi connectivity index (χ1v) is 14.5. The number of hydrogen-bond acceptors (Lipinski definition) is 8. The summed E-state index contributed by atoms with van der Waals surface area (Å²) in [4.78, 5) is 12.8. The number of nitrogens with two attached hydrogens (primary N) is 1. The number of rotatable bonds is 14. The molecular weight excluding hydrogens is 532 g/mol. The van der Waals surface area contributed by atoms with Gasteiger partial charge in [-0.25, -0.2) is 4.79 Å². The molecule has 0 spiro atoms. The molecular formula is C34H38N2O6. The second kappa shape index (κ2) is 14.8. The van der Waals surface area contributed by atoms with E-state index in [1.807, 2.05) is 25.1 Å². The van der Waals surface area contributed by atoms with Crippen LogP contribution in [-0.2, 0) is 0 Å². The van der Waals surface area contributed by atoms with Crippen LogP contribution in [0.15, 0.2) is 72.1 Å². The Labute approximate surface area is 247 Å². The molecule has 1 aliphatic rings. The van der Waals surface area contributed by atoms with Gasteiger partial charge in [0, 0.05) is 11.6 Å². The Morgan fingerprint density at radius 3 is 2.31 bits per heavy atom. The molecule has 1 aliphatic heterocycles. The highest BCUT2D eigenvalue weighted by molar-refractivity contribution is 5.91. The van der Waals surface area contributed by atoms with Gasteiger partial charge in [0.25, 0.3) is 0 Å². The highest BCUT2D eigenvalue weighted by Gasteiger charge is 2.32. The second-order valence-electron chi connectivity index (χ2n) is 9.94. The molecule has 0 saturated carbocycles. The average molecular weight is 571 g/mol. The van der Waals surface area contributed by atoms with Gasteiger partial charge in [-0.2, -0.15) is 5.26 Å². The minimum Gasteiger partial charge on any atom is -0.494 e. The number of nitrogens with zero attached hydrogens (tertiary/aromatic N) is 1. The molecule has 1 heterocycles. The van der Waals surface area contributed by atoms with E-state index in [2.05, 4.69) is 19.9 Å². The van der Waals surface area contributed by atoms with Crippen LogP contribution in [0.3, 0.4) is 0 Å². The first-order chi connectivity index (χ1) is 20.5. The van der Waals surface area contributed by atoms with Crippen LogP contribution in [-0.4, -0.2) is 25.8 Å². The molecule has 1 unspecified atom stereocenters. The van der Waals surface area contributed by atoms with Crippen molar-refractivity contribution in [2.24, 2.45) is 5.73 Å². The van der Waals surface area contributed by atoms with Crippen LogP contribution in [0.2, 0.25) is 0 Å². The minimum atomic E-state index is -0.514. The van der Waals surface area contributed by atoms with Crippen molar-refractivity contribution in [2.45, 2.75) is 58.8 Å². The first-order valence-electron chi connectivity index (χ1n) is 14.5. The van der Waals surface area contributed by atoms with E-state index in [1.54, 1.807) is 42.5 Å². The number of benzene rings is 3. The molecule has 0 aromatic heterocycles. The molecule has 2 N–H and O–H groups in total. The molecule has 220 valence electrons. The molecule has 3 aromatic rings. The van der Waals surface area contributed by atoms with Crippen molar-refractivity contribution < 1.29 is 28.5 Å². The molecule has 0 aliphatic carbocycles. The van der Waals surface area contributed by atoms with Crippen LogP contribution in [0.1, 0.15) is 80.3 Å². The van der Waals surface area contributed by atoms with Crippen molar-refractivity contribution in [3.63, 3.8) is 0 Å². The molecule has 3 aromatic carbocycles. The summed E-state index contributed by atoms with van der Waals surface area (Å²) in [6, 6.07) is 19.8. The summed E-state index contributed by atoms with van der Waals surface area (Å²) >= 11 is 0. The number of ether oxygens (including phenoxy) is 5. The van der Waals surface area contributed by atoms with E-state index in [0.717, 1.165) is 37.7 Å². The number of nitriles is 1. The van der Waals surface area contributed by atoms with E-state index in [4.69, 9.17) is 29.4 Å². The maximum Gasteiger partial charge on any atom is 0.343 e. The van der Waals surface area contributed by atoms with E-state index in [0.29, 0.717) is 59.7 Å². The third-order valence-electron chi connectivity index (χ3n) is 6.86. The van der Waals surface area contributed by atoms with Crippen molar-refractivity contribution in [3.8, 4) is 34.8 Å². The molecule has 0 amide bonds. The fraction of sp³-hybridized carbons (Fsp3) is 0.353. The van der Waals surface area contributed by atoms with E-state index < -0.39 is 11.9 Å². The fourth-order valence-electron chi connectivity index (χ4n) is 4.66. The number of esters is 1. The quantitative estimate of drug-likeness (QED) is 0.122. The third-order valence-corrected chi connectivity index (χ3v) is 6.86. The Kier molecular flexibility index (Phi) is 10.7. The van der Waals surface area contributed by atoms with E-state index >= 15 is 0 Å². The van der Waals surface area contributed by atoms with Gasteiger partial charge in [0.2, 0.25) is 5.88 Å². The number of allylic oxidation sites excluding steroid dienone is 1. The topological polar surface area (TPSA) is 113 Å². The van der Waals surface area contributed by atoms with E-state index in [1.165, 1.54) is 0 Å². The lowest BCUT2D eigenvalue weighted by atomic mass is 9.83. The Morgan fingerprint density at radius 2 is 1.60 bits per heavy atom. The predicted molar refractivity (Wildman–Crippen MR) is 160 cm³/mol. The summed E-state index contributed by atoms with van der Waals surface area (Å²) in [6.07, 6.45) is 5.17. The van der Waals surface area contributed by atoms with Gasteiger partial charge in [0.05, 0.1) is 31.3 Å². The second-order valence-corrected chi connectivity index (χ2v) is 9.94. The Balaban J connectivity index is 1.56. The van der Waals surface area contributed by atoms with Crippen molar-refractivity contribution in [3.05, 3.63) is 88.8 Å². The van der Waals surface area contributed by atoms with Gasteiger partial charge < -0.3 is 29.4 Å². The van der Waals surface area contributed by atoms with Crippen molar-refractivity contribution >= 4 is 5.97 Å². The highest BCUT2D eigenvalue weighted by atomic mass is 16.5. The largest absolute Gasteiger partial charge is 0.494 e. The molecule has 4 rings (SSSR count). The molecule has 8 nitrogen and oxygen atoms in total. The Hall–Kier alpha value is -4.64. The number of unbranched alkanes of at least 4 members (excludes halogenated alkanes) is 3. The lowest BCUT2D eigenvalue weighted by Gasteiger charge is -2.27.